The molecule has 0 saturated heterocycles. The van der Waals surface area contributed by atoms with Crippen LogP contribution in [-0.4, -0.2) is 6.61 Å². The Morgan fingerprint density at radius 3 is 2.76 bits per heavy atom. The SMILES string of the molecule is CCCCCCCCOc1[c]cccc1C#N. The molecule has 0 saturated carbocycles. The van der Waals surface area contributed by atoms with Crippen LogP contribution in [0.1, 0.15) is 51.0 Å². The molecule has 0 aromatic heterocycles. The molecule has 1 rings (SSSR count). The average Bonchev–Trinajstić information content (AvgIpc) is 2.38. The van der Waals surface area contributed by atoms with Crippen LogP contribution in [0, 0.1) is 17.4 Å². The minimum atomic E-state index is 0.568. The molecule has 2 heteroatoms. The van der Waals surface area contributed by atoms with Gasteiger partial charge < -0.3 is 4.74 Å². The van der Waals surface area contributed by atoms with Crippen LogP contribution in [-0.2, 0) is 0 Å². The van der Waals surface area contributed by atoms with Gasteiger partial charge in [-0.15, -0.1) is 0 Å². The summed E-state index contributed by atoms with van der Waals surface area (Å²) in [5.74, 6) is 0.587. The fourth-order valence-corrected chi connectivity index (χ4v) is 1.69. The van der Waals surface area contributed by atoms with Crippen molar-refractivity contribution in [2.45, 2.75) is 45.4 Å². The Balaban J connectivity index is 2.16. The van der Waals surface area contributed by atoms with Gasteiger partial charge in [0.2, 0.25) is 0 Å². The average molecular weight is 230 g/mol. The number of hydrogen-bond acceptors (Lipinski definition) is 2. The minimum Gasteiger partial charge on any atom is -0.492 e. The Kier molecular flexibility index (Phi) is 6.90. The number of nitrogens with zero attached hydrogens (tertiary/aromatic N) is 1. The number of ether oxygens (including phenoxy) is 1. The highest BCUT2D eigenvalue weighted by molar-refractivity contribution is 5.41. The summed E-state index contributed by atoms with van der Waals surface area (Å²) >= 11 is 0. The molecule has 1 aromatic rings. The van der Waals surface area contributed by atoms with E-state index in [1.54, 1.807) is 18.2 Å². The lowest BCUT2D eigenvalue weighted by Gasteiger charge is -2.06. The molecule has 0 N–H and O–H groups in total. The largest absolute Gasteiger partial charge is 0.492 e. The second-order valence-electron chi connectivity index (χ2n) is 4.14. The van der Waals surface area contributed by atoms with Gasteiger partial charge in [-0.1, -0.05) is 51.2 Å². The molecule has 0 spiro atoms. The zero-order valence-electron chi connectivity index (χ0n) is 10.5. The second kappa shape index (κ2) is 8.64. The first-order chi connectivity index (χ1) is 8.38. The van der Waals surface area contributed by atoms with Crippen LogP contribution in [0.5, 0.6) is 5.75 Å². The molecule has 0 fully saturated rings. The maximum atomic E-state index is 8.87. The molecule has 0 unspecified atom stereocenters. The van der Waals surface area contributed by atoms with Crippen molar-refractivity contribution in [3.63, 3.8) is 0 Å². The lowest BCUT2D eigenvalue weighted by Crippen LogP contribution is -1.99. The van der Waals surface area contributed by atoms with Crippen molar-refractivity contribution in [3.8, 4) is 11.8 Å². The Morgan fingerprint density at radius 2 is 2.00 bits per heavy atom. The summed E-state index contributed by atoms with van der Waals surface area (Å²) in [6.45, 7) is 2.90. The number of unbranched alkanes of at least 4 members (excludes halogenated alkanes) is 5. The van der Waals surface area contributed by atoms with E-state index < -0.39 is 0 Å². The number of para-hydroxylation sites is 1. The topological polar surface area (TPSA) is 33.0 Å². The lowest BCUT2D eigenvalue weighted by molar-refractivity contribution is 0.303. The molecule has 0 atom stereocenters. The van der Waals surface area contributed by atoms with Crippen LogP contribution < -0.4 is 4.74 Å². The molecule has 0 bridgehead atoms. The highest BCUT2D eigenvalue weighted by Crippen LogP contribution is 2.16. The van der Waals surface area contributed by atoms with E-state index in [0.717, 1.165) is 6.42 Å². The molecule has 91 valence electrons. The highest BCUT2D eigenvalue weighted by Gasteiger charge is 2.01. The van der Waals surface area contributed by atoms with Crippen molar-refractivity contribution in [2.24, 2.45) is 0 Å². The third-order valence-electron chi connectivity index (χ3n) is 2.68. The Labute approximate surface area is 104 Å². The smallest absolute Gasteiger partial charge is 0.144 e. The molecular weight excluding hydrogens is 210 g/mol. The Bertz CT molecular complexity index is 354. The summed E-state index contributed by atoms with van der Waals surface area (Å²) in [5.41, 5.74) is 0.568. The summed E-state index contributed by atoms with van der Waals surface area (Å²) in [6.07, 6.45) is 7.46. The monoisotopic (exact) mass is 230 g/mol. The van der Waals surface area contributed by atoms with Gasteiger partial charge in [-0.3, -0.25) is 0 Å². The van der Waals surface area contributed by atoms with Crippen molar-refractivity contribution in [2.75, 3.05) is 6.61 Å². The molecule has 0 aliphatic carbocycles. The summed E-state index contributed by atoms with van der Waals surface area (Å²) in [7, 11) is 0. The fourth-order valence-electron chi connectivity index (χ4n) is 1.69. The molecule has 2 nitrogen and oxygen atoms in total. The van der Waals surface area contributed by atoms with Gasteiger partial charge in [-0.05, 0) is 12.5 Å². The zero-order valence-corrected chi connectivity index (χ0v) is 10.5. The molecule has 1 radical (unpaired) electrons. The fraction of sp³-hybridized carbons (Fsp3) is 0.533. The van der Waals surface area contributed by atoms with Gasteiger partial charge in [0, 0.05) is 6.07 Å². The predicted octanol–water partition coefficient (Wildman–Crippen LogP) is 4.10. The second-order valence-corrected chi connectivity index (χ2v) is 4.14. The maximum absolute atomic E-state index is 8.87. The van der Waals surface area contributed by atoms with Crippen LogP contribution in [0.3, 0.4) is 0 Å². The van der Waals surface area contributed by atoms with Crippen molar-refractivity contribution in [3.05, 3.63) is 29.8 Å². The van der Waals surface area contributed by atoms with Gasteiger partial charge in [0.25, 0.3) is 0 Å². The first kappa shape index (κ1) is 13.6. The van der Waals surface area contributed by atoms with Crippen molar-refractivity contribution in [1.29, 1.82) is 5.26 Å². The maximum Gasteiger partial charge on any atom is 0.144 e. The van der Waals surface area contributed by atoms with Crippen molar-refractivity contribution in [1.82, 2.24) is 0 Å². The normalized spacial score (nSPS) is 9.88. The molecule has 17 heavy (non-hydrogen) atoms. The standard InChI is InChI=1S/C15H20NO/c1-2-3-4-5-6-9-12-17-15-11-8-7-10-14(15)13-16/h7-8,10H,2-6,9,12H2,1H3. The van der Waals surface area contributed by atoms with Crippen LogP contribution in [0.15, 0.2) is 18.2 Å². The molecule has 0 amide bonds. The van der Waals surface area contributed by atoms with Crippen molar-refractivity contribution >= 4 is 0 Å². The highest BCUT2D eigenvalue weighted by atomic mass is 16.5. The van der Waals surface area contributed by atoms with E-state index in [0.29, 0.717) is 17.9 Å². The van der Waals surface area contributed by atoms with E-state index in [9.17, 15) is 0 Å². The van der Waals surface area contributed by atoms with Gasteiger partial charge in [-0.25, -0.2) is 0 Å². The number of hydrogen-bond donors (Lipinski definition) is 0. The first-order valence-electron chi connectivity index (χ1n) is 6.42. The summed E-state index contributed by atoms with van der Waals surface area (Å²) in [6, 6.07) is 10.4. The van der Waals surface area contributed by atoms with E-state index in [2.05, 4.69) is 19.1 Å². The molecular formula is C15H20NO. The first-order valence-corrected chi connectivity index (χ1v) is 6.42. The Hall–Kier alpha value is -1.49. The number of nitriles is 1. The van der Waals surface area contributed by atoms with E-state index in [1.165, 1.54) is 32.1 Å². The quantitative estimate of drug-likeness (QED) is 0.630. The molecule has 0 heterocycles. The third kappa shape index (κ3) is 5.40. The summed E-state index contributed by atoms with van der Waals surface area (Å²) in [5, 5.41) is 8.87. The molecule has 0 aliphatic rings. The lowest BCUT2D eigenvalue weighted by atomic mass is 10.1. The number of rotatable bonds is 8. The summed E-state index contributed by atoms with van der Waals surface area (Å²) in [4.78, 5) is 0. The van der Waals surface area contributed by atoms with Crippen molar-refractivity contribution < 1.29 is 4.74 Å². The van der Waals surface area contributed by atoms with Crippen LogP contribution in [0.2, 0.25) is 0 Å². The zero-order chi connectivity index (χ0) is 12.3. The van der Waals surface area contributed by atoms with E-state index >= 15 is 0 Å². The Morgan fingerprint density at radius 1 is 1.24 bits per heavy atom. The van der Waals surface area contributed by atoms with Gasteiger partial charge in [0.15, 0.2) is 0 Å². The number of benzene rings is 1. The minimum absolute atomic E-state index is 0.568. The van der Waals surface area contributed by atoms with Crippen LogP contribution in [0.4, 0.5) is 0 Å². The summed E-state index contributed by atoms with van der Waals surface area (Å²) < 4.78 is 5.56. The van der Waals surface area contributed by atoms with E-state index in [-0.39, 0.29) is 0 Å². The van der Waals surface area contributed by atoms with Crippen LogP contribution >= 0.6 is 0 Å². The predicted molar refractivity (Wildman–Crippen MR) is 68.9 cm³/mol. The van der Waals surface area contributed by atoms with E-state index in [1.807, 2.05) is 0 Å². The molecule has 1 aromatic carbocycles. The van der Waals surface area contributed by atoms with Gasteiger partial charge in [0.1, 0.15) is 11.8 Å². The van der Waals surface area contributed by atoms with Gasteiger partial charge >= 0.3 is 0 Å². The van der Waals surface area contributed by atoms with Gasteiger partial charge in [0.05, 0.1) is 12.2 Å². The van der Waals surface area contributed by atoms with Gasteiger partial charge in [-0.2, -0.15) is 5.26 Å². The molecule has 0 aliphatic heterocycles. The third-order valence-corrected chi connectivity index (χ3v) is 2.68. The van der Waals surface area contributed by atoms with E-state index in [4.69, 9.17) is 10.00 Å². The van der Waals surface area contributed by atoms with Crippen LogP contribution in [0.25, 0.3) is 0 Å².